The summed E-state index contributed by atoms with van der Waals surface area (Å²) in [5.41, 5.74) is 2.46. The van der Waals surface area contributed by atoms with Crippen LogP contribution in [0.15, 0.2) is 18.2 Å². The molecule has 0 aliphatic carbocycles. The fourth-order valence-electron chi connectivity index (χ4n) is 1.49. The van der Waals surface area contributed by atoms with Crippen molar-refractivity contribution < 1.29 is 4.74 Å². The van der Waals surface area contributed by atoms with E-state index in [9.17, 15) is 0 Å². The van der Waals surface area contributed by atoms with Crippen LogP contribution in [0.5, 0.6) is 5.75 Å². The summed E-state index contributed by atoms with van der Waals surface area (Å²) < 4.78 is 5.31. The van der Waals surface area contributed by atoms with E-state index in [1.807, 2.05) is 0 Å². The Kier molecular flexibility index (Phi) is 4.81. The Hall–Kier alpha value is -1.02. The largest absolute Gasteiger partial charge is 0.496 e. The molecule has 0 bridgehead atoms. The number of rotatable bonds is 5. The first kappa shape index (κ1) is 13.0. The number of aryl methyl sites for hydroxylation is 1. The van der Waals surface area contributed by atoms with Gasteiger partial charge in [0.1, 0.15) is 5.75 Å². The Morgan fingerprint density at radius 1 is 1.25 bits per heavy atom. The maximum absolute atomic E-state index is 5.31. The van der Waals surface area contributed by atoms with Crippen molar-refractivity contribution in [3.63, 3.8) is 0 Å². The topological polar surface area (TPSA) is 21.3 Å². The summed E-state index contributed by atoms with van der Waals surface area (Å²) in [5.74, 6) is 1.63. The van der Waals surface area contributed by atoms with E-state index in [1.54, 1.807) is 7.11 Å². The standard InChI is InChI=1S/C14H23NO/c1-10(2)12(4)15-9-13-7-6-11(3)14(8-13)16-5/h6-8,10,12,15H,9H2,1-5H3. The average molecular weight is 221 g/mol. The molecule has 0 aromatic heterocycles. The first-order valence-corrected chi connectivity index (χ1v) is 5.91. The number of nitrogens with one attached hydrogen (secondary N) is 1. The molecule has 1 aromatic rings. The molecule has 1 rings (SSSR count). The lowest BCUT2D eigenvalue weighted by Crippen LogP contribution is -2.30. The third-order valence-corrected chi connectivity index (χ3v) is 3.10. The number of methoxy groups -OCH3 is 1. The van der Waals surface area contributed by atoms with Crippen LogP contribution in [0.25, 0.3) is 0 Å². The minimum absolute atomic E-state index is 0.535. The van der Waals surface area contributed by atoms with Crippen molar-refractivity contribution in [2.45, 2.75) is 40.3 Å². The highest BCUT2D eigenvalue weighted by atomic mass is 16.5. The van der Waals surface area contributed by atoms with Crippen molar-refractivity contribution in [1.29, 1.82) is 0 Å². The second-order valence-corrected chi connectivity index (χ2v) is 4.72. The number of hydrogen-bond acceptors (Lipinski definition) is 2. The van der Waals surface area contributed by atoms with Crippen molar-refractivity contribution in [3.8, 4) is 5.75 Å². The SMILES string of the molecule is COc1cc(CNC(C)C(C)C)ccc1C. The Labute approximate surface area is 99.0 Å². The quantitative estimate of drug-likeness (QED) is 0.824. The zero-order valence-corrected chi connectivity index (χ0v) is 11.0. The normalized spacial score (nSPS) is 12.9. The summed E-state index contributed by atoms with van der Waals surface area (Å²) in [6, 6.07) is 6.90. The van der Waals surface area contributed by atoms with E-state index < -0.39 is 0 Å². The van der Waals surface area contributed by atoms with Crippen LogP contribution in [0.3, 0.4) is 0 Å². The Morgan fingerprint density at radius 2 is 1.94 bits per heavy atom. The minimum Gasteiger partial charge on any atom is -0.496 e. The van der Waals surface area contributed by atoms with Crippen LogP contribution in [0, 0.1) is 12.8 Å². The van der Waals surface area contributed by atoms with E-state index >= 15 is 0 Å². The highest BCUT2D eigenvalue weighted by Gasteiger charge is 2.06. The fourth-order valence-corrected chi connectivity index (χ4v) is 1.49. The third-order valence-electron chi connectivity index (χ3n) is 3.10. The second-order valence-electron chi connectivity index (χ2n) is 4.72. The molecule has 0 saturated carbocycles. The van der Waals surface area contributed by atoms with Crippen molar-refractivity contribution in [2.75, 3.05) is 7.11 Å². The molecule has 0 heterocycles. The van der Waals surface area contributed by atoms with E-state index in [2.05, 4.69) is 51.2 Å². The van der Waals surface area contributed by atoms with Gasteiger partial charge in [0.15, 0.2) is 0 Å². The predicted octanol–water partition coefficient (Wildman–Crippen LogP) is 3.14. The summed E-state index contributed by atoms with van der Waals surface area (Å²) >= 11 is 0. The van der Waals surface area contributed by atoms with Gasteiger partial charge in [0.25, 0.3) is 0 Å². The molecule has 2 nitrogen and oxygen atoms in total. The zero-order chi connectivity index (χ0) is 12.1. The maximum atomic E-state index is 5.31. The van der Waals surface area contributed by atoms with E-state index in [4.69, 9.17) is 4.74 Å². The molecule has 1 atom stereocenters. The Balaban J connectivity index is 2.61. The Bertz CT molecular complexity index is 334. The monoisotopic (exact) mass is 221 g/mol. The highest BCUT2D eigenvalue weighted by molar-refractivity contribution is 5.36. The molecule has 1 N–H and O–H groups in total. The molecular weight excluding hydrogens is 198 g/mol. The lowest BCUT2D eigenvalue weighted by molar-refractivity contribution is 0.408. The van der Waals surface area contributed by atoms with E-state index in [0.717, 1.165) is 12.3 Å². The van der Waals surface area contributed by atoms with E-state index in [0.29, 0.717) is 12.0 Å². The van der Waals surface area contributed by atoms with Gasteiger partial charge in [-0.05, 0) is 37.0 Å². The van der Waals surface area contributed by atoms with Crippen molar-refractivity contribution >= 4 is 0 Å². The first-order valence-electron chi connectivity index (χ1n) is 5.91. The van der Waals surface area contributed by atoms with Gasteiger partial charge in [0, 0.05) is 12.6 Å². The van der Waals surface area contributed by atoms with Gasteiger partial charge in [-0.2, -0.15) is 0 Å². The summed E-state index contributed by atoms with van der Waals surface area (Å²) in [6.45, 7) is 9.64. The molecule has 0 spiro atoms. The van der Waals surface area contributed by atoms with Gasteiger partial charge < -0.3 is 10.1 Å². The third kappa shape index (κ3) is 3.53. The molecule has 1 aromatic carbocycles. The van der Waals surface area contributed by atoms with Crippen LogP contribution < -0.4 is 10.1 Å². The van der Waals surface area contributed by atoms with Gasteiger partial charge in [0.2, 0.25) is 0 Å². The van der Waals surface area contributed by atoms with Crippen molar-refractivity contribution in [3.05, 3.63) is 29.3 Å². The lowest BCUT2D eigenvalue weighted by atomic mass is 10.1. The maximum Gasteiger partial charge on any atom is 0.122 e. The predicted molar refractivity (Wildman–Crippen MR) is 68.9 cm³/mol. The molecule has 1 unspecified atom stereocenters. The van der Waals surface area contributed by atoms with Crippen LogP contribution in [0.4, 0.5) is 0 Å². The van der Waals surface area contributed by atoms with Gasteiger partial charge in [-0.15, -0.1) is 0 Å². The molecule has 0 aliphatic heterocycles. The fraction of sp³-hybridized carbons (Fsp3) is 0.571. The molecule has 2 heteroatoms. The molecule has 0 amide bonds. The zero-order valence-electron chi connectivity index (χ0n) is 11.0. The van der Waals surface area contributed by atoms with Crippen LogP contribution in [0.2, 0.25) is 0 Å². The molecule has 16 heavy (non-hydrogen) atoms. The van der Waals surface area contributed by atoms with Crippen LogP contribution in [0.1, 0.15) is 31.9 Å². The van der Waals surface area contributed by atoms with Gasteiger partial charge >= 0.3 is 0 Å². The number of ether oxygens (including phenoxy) is 1. The van der Waals surface area contributed by atoms with Crippen LogP contribution in [-0.2, 0) is 6.54 Å². The van der Waals surface area contributed by atoms with Gasteiger partial charge in [-0.25, -0.2) is 0 Å². The molecule has 0 saturated heterocycles. The molecule has 0 radical (unpaired) electrons. The van der Waals surface area contributed by atoms with Gasteiger partial charge in [-0.3, -0.25) is 0 Å². The number of hydrogen-bond donors (Lipinski definition) is 1. The molecule has 0 fully saturated rings. The Morgan fingerprint density at radius 3 is 2.50 bits per heavy atom. The summed E-state index contributed by atoms with van der Waals surface area (Å²) in [5, 5.41) is 3.51. The van der Waals surface area contributed by atoms with Gasteiger partial charge in [-0.1, -0.05) is 26.0 Å². The first-order chi connectivity index (χ1) is 7.54. The van der Waals surface area contributed by atoms with Crippen molar-refractivity contribution in [2.24, 2.45) is 5.92 Å². The lowest BCUT2D eigenvalue weighted by Gasteiger charge is -2.17. The highest BCUT2D eigenvalue weighted by Crippen LogP contribution is 2.19. The summed E-state index contributed by atoms with van der Waals surface area (Å²) in [6.07, 6.45) is 0. The summed E-state index contributed by atoms with van der Waals surface area (Å²) in [7, 11) is 1.72. The van der Waals surface area contributed by atoms with E-state index in [1.165, 1.54) is 11.1 Å². The summed E-state index contributed by atoms with van der Waals surface area (Å²) in [4.78, 5) is 0. The van der Waals surface area contributed by atoms with Crippen LogP contribution in [-0.4, -0.2) is 13.2 Å². The molecule has 90 valence electrons. The van der Waals surface area contributed by atoms with E-state index in [-0.39, 0.29) is 0 Å². The second kappa shape index (κ2) is 5.90. The van der Waals surface area contributed by atoms with Crippen molar-refractivity contribution in [1.82, 2.24) is 5.32 Å². The molecule has 0 aliphatic rings. The minimum atomic E-state index is 0.535. The smallest absolute Gasteiger partial charge is 0.122 e. The van der Waals surface area contributed by atoms with Crippen LogP contribution >= 0.6 is 0 Å². The number of benzene rings is 1. The average Bonchev–Trinajstić information content (AvgIpc) is 2.27. The van der Waals surface area contributed by atoms with Gasteiger partial charge in [0.05, 0.1) is 7.11 Å². The molecular formula is C14H23NO.